The molecule has 29 heavy (non-hydrogen) atoms. The fourth-order valence-corrected chi connectivity index (χ4v) is 3.40. The zero-order chi connectivity index (χ0) is 21.6. The zero-order valence-corrected chi connectivity index (χ0v) is 16.4. The predicted octanol–water partition coefficient (Wildman–Crippen LogP) is 3.38. The first-order valence-electron chi connectivity index (χ1n) is 9.33. The van der Waals surface area contributed by atoms with E-state index in [0.717, 1.165) is 37.0 Å². The van der Waals surface area contributed by atoms with Crippen LogP contribution in [0.5, 0.6) is 0 Å². The number of hydrogen-bond donors (Lipinski definition) is 3. The Balaban J connectivity index is 0.000000321. The number of nitrogens with one attached hydrogen (secondary N) is 1. The Morgan fingerprint density at radius 2 is 1.79 bits per heavy atom. The minimum Gasteiger partial charge on any atom is -0.478 e. The SMILES string of the molecule is CC(C)N1CCC(c2cc3cccc([N+](=O)[O-])c3[nH]2)CC1.O=C(O)C=CC(=O)O. The van der Waals surface area contributed by atoms with Gasteiger partial charge in [0, 0.05) is 41.3 Å². The molecule has 0 spiro atoms. The quantitative estimate of drug-likeness (QED) is 0.395. The van der Waals surface area contributed by atoms with E-state index in [4.69, 9.17) is 10.2 Å². The Kier molecular flexibility index (Phi) is 7.49. The Hall–Kier alpha value is -3.20. The normalized spacial score (nSPS) is 15.4. The summed E-state index contributed by atoms with van der Waals surface area (Å²) in [5, 5.41) is 27.7. The van der Waals surface area contributed by atoms with Crippen molar-refractivity contribution in [2.45, 2.75) is 38.6 Å². The van der Waals surface area contributed by atoms with Crippen molar-refractivity contribution in [3.63, 3.8) is 0 Å². The number of piperidine rings is 1. The number of nitro benzene ring substituents is 1. The largest absolute Gasteiger partial charge is 0.478 e. The Morgan fingerprint density at radius 1 is 1.21 bits per heavy atom. The van der Waals surface area contributed by atoms with Crippen LogP contribution in [-0.2, 0) is 9.59 Å². The fraction of sp³-hybridized carbons (Fsp3) is 0.400. The summed E-state index contributed by atoms with van der Waals surface area (Å²) < 4.78 is 0. The number of aliphatic carboxylic acids is 2. The monoisotopic (exact) mass is 403 g/mol. The highest BCUT2D eigenvalue weighted by atomic mass is 16.6. The number of carbonyl (C=O) groups is 2. The van der Waals surface area contributed by atoms with Gasteiger partial charge in [0.05, 0.1) is 4.92 Å². The number of likely N-dealkylation sites (tertiary alicyclic amines) is 1. The molecule has 1 fully saturated rings. The molecular formula is C20H25N3O6. The van der Waals surface area contributed by atoms with Crippen molar-refractivity contribution in [2.75, 3.05) is 13.1 Å². The molecule has 0 aliphatic carbocycles. The number of benzene rings is 1. The third-order valence-corrected chi connectivity index (χ3v) is 4.92. The number of nitrogens with zero attached hydrogens (tertiary/aromatic N) is 2. The summed E-state index contributed by atoms with van der Waals surface area (Å²) in [6.45, 7) is 6.65. The summed E-state index contributed by atoms with van der Waals surface area (Å²) >= 11 is 0. The van der Waals surface area contributed by atoms with Crippen molar-refractivity contribution in [1.82, 2.24) is 9.88 Å². The minimum atomic E-state index is -1.26. The maximum absolute atomic E-state index is 11.1. The van der Waals surface area contributed by atoms with Gasteiger partial charge < -0.3 is 20.1 Å². The van der Waals surface area contributed by atoms with Crippen LogP contribution in [0.2, 0.25) is 0 Å². The molecule has 9 nitrogen and oxygen atoms in total. The number of hydrogen-bond acceptors (Lipinski definition) is 5. The Bertz CT molecular complexity index is 894. The average molecular weight is 403 g/mol. The number of carboxylic acid groups (broad SMARTS) is 2. The van der Waals surface area contributed by atoms with Crippen LogP contribution in [0.25, 0.3) is 10.9 Å². The topological polar surface area (TPSA) is 137 Å². The van der Waals surface area contributed by atoms with Crippen LogP contribution in [0.3, 0.4) is 0 Å². The third kappa shape index (κ3) is 6.15. The molecule has 9 heteroatoms. The highest BCUT2D eigenvalue weighted by Gasteiger charge is 2.24. The van der Waals surface area contributed by atoms with Gasteiger partial charge >= 0.3 is 11.9 Å². The molecular weight excluding hydrogens is 378 g/mol. The second-order valence-corrected chi connectivity index (χ2v) is 7.14. The lowest BCUT2D eigenvalue weighted by molar-refractivity contribution is -0.383. The summed E-state index contributed by atoms with van der Waals surface area (Å²) in [7, 11) is 0. The molecule has 0 radical (unpaired) electrons. The van der Waals surface area contributed by atoms with E-state index in [0.29, 0.717) is 29.6 Å². The highest BCUT2D eigenvalue weighted by molar-refractivity contribution is 5.89. The van der Waals surface area contributed by atoms with Crippen LogP contribution in [-0.4, -0.2) is 56.1 Å². The second-order valence-electron chi connectivity index (χ2n) is 7.14. The van der Waals surface area contributed by atoms with Crippen LogP contribution >= 0.6 is 0 Å². The smallest absolute Gasteiger partial charge is 0.328 e. The third-order valence-electron chi connectivity index (χ3n) is 4.92. The van der Waals surface area contributed by atoms with Gasteiger partial charge in [0.2, 0.25) is 0 Å². The van der Waals surface area contributed by atoms with Gasteiger partial charge in [-0.05, 0) is 45.8 Å². The van der Waals surface area contributed by atoms with Crippen molar-refractivity contribution in [3.8, 4) is 0 Å². The van der Waals surface area contributed by atoms with Crippen molar-refractivity contribution in [3.05, 3.63) is 52.2 Å². The molecule has 3 N–H and O–H groups in total. The summed E-state index contributed by atoms with van der Waals surface area (Å²) in [6.07, 6.45) is 3.34. The Labute approximate surface area is 167 Å². The van der Waals surface area contributed by atoms with Crippen LogP contribution < -0.4 is 0 Å². The van der Waals surface area contributed by atoms with E-state index >= 15 is 0 Å². The fourth-order valence-electron chi connectivity index (χ4n) is 3.40. The minimum absolute atomic E-state index is 0.165. The maximum atomic E-state index is 11.1. The van der Waals surface area contributed by atoms with Crippen molar-refractivity contribution in [2.24, 2.45) is 0 Å². The lowest BCUT2D eigenvalue weighted by Crippen LogP contribution is -2.37. The van der Waals surface area contributed by atoms with Gasteiger partial charge in [-0.1, -0.05) is 12.1 Å². The Morgan fingerprint density at radius 3 is 2.28 bits per heavy atom. The maximum Gasteiger partial charge on any atom is 0.328 e. The number of nitro groups is 1. The van der Waals surface area contributed by atoms with E-state index in [1.165, 1.54) is 0 Å². The van der Waals surface area contributed by atoms with E-state index < -0.39 is 11.9 Å². The van der Waals surface area contributed by atoms with E-state index in [-0.39, 0.29) is 10.6 Å². The van der Waals surface area contributed by atoms with E-state index in [1.54, 1.807) is 12.1 Å². The van der Waals surface area contributed by atoms with Gasteiger partial charge in [-0.25, -0.2) is 9.59 Å². The zero-order valence-electron chi connectivity index (χ0n) is 16.4. The van der Waals surface area contributed by atoms with E-state index in [1.807, 2.05) is 6.07 Å². The number of rotatable bonds is 5. The summed E-state index contributed by atoms with van der Waals surface area (Å²) in [6, 6.07) is 7.92. The molecule has 1 aromatic carbocycles. The van der Waals surface area contributed by atoms with Gasteiger partial charge in [-0.2, -0.15) is 0 Å². The van der Waals surface area contributed by atoms with Crippen LogP contribution in [0, 0.1) is 10.1 Å². The van der Waals surface area contributed by atoms with Crippen molar-refractivity contribution < 1.29 is 24.7 Å². The summed E-state index contributed by atoms with van der Waals surface area (Å²) in [4.78, 5) is 35.7. The van der Waals surface area contributed by atoms with Gasteiger partial charge in [-0.3, -0.25) is 10.1 Å². The van der Waals surface area contributed by atoms with Gasteiger partial charge in [-0.15, -0.1) is 0 Å². The molecule has 156 valence electrons. The lowest BCUT2D eigenvalue weighted by Gasteiger charge is -2.34. The number of aromatic nitrogens is 1. The summed E-state index contributed by atoms with van der Waals surface area (Å²) in [5.74, 6) is -2.04. The van der Waals surface area contributed by atoms with E-state index in [2.05, 4.69) is 29.8 Å². The number of H-pyrrole nitrogens is 1. The van der Waals surface area contributed by atoms with Crippen LogP contribution in [0.1, 0.15) is 38.3 Å². The molecule has 1 aliphatic rings. The lowest BCUT2D eigenvalue weighted by atomic mass is 9.93. The molecule has 0 saturated carbocycles. The molecule has 0 atom stereocenters. The molecule has 1 aliphatic heterocycles. The molecule has 2 aromatic rings. The molecule has 3 rings (SSSR count). The first kappa shape index (κ1) is 22.1. The molecule has 1 aromatic heterocycles. The highest BCUT2D eigenvalue weighted by Crippen LogP contribution is 2.33. The molecule has 0 bridgehead atoms. The molecule has 2 heterocycles. The van der Waals surface area contributed by atoms with E-state index in [9.17, 15) is 19.7 Å². The van der Waals surface area contributed by atoms with Crippen LogP contribution in [0.4, 0.5) is 5.69 Å². The van der Waals surface area contributed by atoms with Gasteiger partial charge in [0.15, 0.2) is 0 Å². The number of non-ortho nitro benzene ring substituents is 1. The standard InChI is InChI=1S/C16H21N3O2.C4H4O4/c1-11(2)18-8-6-12(7-9-18)14-10-13-4-3-5-15(19(20)21)16(13)17-14;5-3(6)1-2-4(7)8/h3-5,10-12,17H,6-9H2,1-2H3;1-2H,(H,5,6)(H,7,8). The van der Waals surface area contributed by atoms with Gasteiger partial charge in [0.1, 0.15) is 5.52 Å². The predicted molar refractivity (Wildman–Crippen MR) is 108 cm³/mol. The number of carboxylic acids is 2. The number of fused-ring (bicyclic) bond motifs is 1. The molecule has 1 saturated heterocycles. The first-order valence-corrected chi connectivity index (χ1v) is 9.33. The number of aromatic amines is 1. The first-order chi connectivity index (χ1) is 13.7. The number of para-hydroxylation sites is 1. The van der Waals surface area contributed by atoms with Crippen molar-refractivity contribution >= 4 is 28.5 Å². The van der Waals surface area contributed by atoms with Crippen LogP contribution in [0.15, 0.2) is 36.4 Å². The van der Waals surface area contributed by atoms with Gasteiger partial charge in [0.25, 0.3) is 5.69 Å². The molecule has 0 amide bonds. The molecule has 0 unspecified atom stereocenters. The second kappa shape index (κ2) is 9.83. The summed E-state index contributed by atoms with van der Waals surface area (Å²) in [5.41, 5.74) is 1.96. The van der Waals surface area contributed by atoms with Crippen molar-refractivity contribution in [1.29, 1.82) is 0 Å². The average Bonchev–Trinajstić information content (AvgIpc) is 3.11.